The fourth-order valence-electron chi connectivity index (χ4n) is 2.01. The van der Waals surface area contributed by atoms with Gasteiger partial charge in [-0.05, 0) is 36.2 Å². The van der Waals surface area contributed by atoms with Gasteiger partial charge in [0.2, 0.25) is 0 Å². The molecule has 0 heterocycles. The maximum Gasteiger partial charge on any atom is 0.262 e. The largest absolute Gasteiger partial charge is 0.352 e. The summed E-state index contributed by atoms with van der Waals surface area (Å²) in [6.07, 6.45) is 0. The summed E-state index contributed by atoms with van der Waals surface area (Å²) in [7, 11) is -4.31. The molecule has 2 aromatic rings. The van der Waals surface area contributed by atoms with Crippen molar-refractivity contribution < 1.29 is 26.4 Å². The first-order chi connectivity index (χ1) is 12.1. The van der Waals surface area contributed by atoms with Gasteiger partial charge in [-0.2, -0.15) is 0 Å². The third kappa shape index (κ3) is 4.54. The Morgan fingerprint density at radius 3 is 2.42 bits per heavy atom. The van der Waals surface area contributed by atoms with Crippen LogP contribution in [0.1, 0.15) is 24.2 Å². The Hall–Kier alpha value is -2.55. The minimum atomic E-state index is -4.31. The molecule has 140 valence electrons. The molecule has 0 aromatic heterocycles. The average molecular weight is 386 g/mol. The highest BCUT2D eigenvalue weighted by Gasteiger charge is 2.21. The van der Waals surface area contributed by atoms with Crippen LogP contribution in [0.2, 0.25) is 0 Å². The van der Waals surface area contributed by atoms with Gasteiger partial charge in [0, 0.05) is 12.1 Å². The van der Waals surface area contributed by atoms with Crippen LogP contribution in [0.3, 0.4) is 0 Å². The Morgan fingerprint density at radius 1 is 1.08 bits per heavy atom. The Morgan fingerprint density at radius 2 is 1.77 bits per heavy atom. The number of hydrogen-bond acceptors (Lipinski definition) is 3. The van der Waals surface area contributed by atoms with Gasteiger partial charge < -0.3 is 5.32 Å². The zero-order chi connectivity index (χ0) is 19.5. The van der Waals surface area contributed by atoms with Gasteiger partial charge in [-0.15, -0.1) is 0 Å². The first-order valence-corrected chi connectivity index (χ1v) is 9.14. The Bertz CT molecular complexity index is 931. The molecule has 0 spiro atoms. The fraction of sp³-hybridized carbons (Fsp3) is 0.235. The topological polar surface area (TPSA) is 75.3 Å². The molecule has 0 aliphatic heterocycles. The number of benzene rings is 2. The molecule has 2 N–H and O–H groups in total. The number of carbonyl (C=O) groups excluding carboxylic acids is 1. The van der Waals surface area contributed by atoms with Gasteiger partial charge in [0.05, 0.1) is 10.6 Å². The number of anilines is 1. The van der Waals surface area contributed by atoms with E-state index in [2.05, 4.69) is 5.32 Å². The van der Waals surface area contributed by atoms with Gasteiger partial charge in [0.1, 0.15) is 0 Å². The first-order valence-electron chi connectivity index (χ1n) is 7.66. The predicted octanol–water partition coefficient (Wildman–Crippen LogP) is 3.29. The van der Waals surface area contributed by atoms with E-state index in [9.17, 15) is 26.4 Å². The quantitative estimate of drug-likeness (QED) is 0.748. The Labute approximate surface area is 149 Å². The van der Waals surface area contributed by atoms with E-state index in [0.717, 1.165) is 12.1 Å². The van der Waals surface area contributed by atoms with E-state index in [1.165, 1.54) is 18.2 Å². The van der Waals surface area contributed by atoms with Gasteiger partial charge in [-0.25, -0.2) is 21.6 Å². The lowest BCUT2D eigenvalue weighted by Gasteiger charge is -2.11. The lowest BCUT2D eigenvalue weighted by Crippen LogP contribution is -2.27. The van der Waals surface area contributed by atoms with Crippen LogP contribution in [0, 0.1) is 23.4 Å². The van der Waals surface area contributed by atoms with Gasteiger partial charge in [-0.1, -0.05) is 19.9 Å². The van der Waals surface area contributed by atoms with Crippen LogP contribution in [0.5, 0.6) is 0 Å². The predicted molar refractivity (Wildman–Crippen MR) is 90.7 cm³/mol. The molecule has 0 fully saturated rings. The van der Waals surface area contributed by atoms with Crippen LogP contribution < -0.4 is 10.0 Å². The van der Waals surface area contributed by atoms with Crippen molar-refractivity contribution in [3.63, 3.8) is 0 Å². The van der Waals surface area contributed by atoms with E-state index >= 15 is 0 Å². The number of sulfonamides is 1. The van der Waals surface area contributed by atoms with Crippen LogP contribution >= 0.6 is 0 Å². The minimum absolute atomic E-state index is 0.0966. The van der Waals surface area contributed by atoms with E-state index in [4.69, 9.17) is 0 Å². The second-order valence-corrected chi connectivity index (χ2v) is 7.64. The van der Waals surface area contributed by atoms with E-state index < -0.39 is 39.1 Å². The molecule has 0 saturated heterocycles. The lowest BCUT2D eigenvalue weighted by molar-refractivity contribution is 0.0949. The van der Waals surface area contributed by atoms with Gasteiger partial charge in [0.25, 0.3) is 15.9 Å². The average Bonchev–Trinajstić information content (AvgIpc) is 2.60. The molecule has 5 nitrogen and oxygen atoms in total. The number of rotatable bonds is 6. The van der Waals surface area contributed by atoms with Crippen molar-refractivity contribution in [2.75, 3.05) is 11.3 Å². The van der Waals surface area contributed by atoms with E-state index in [0.29, 0.717) is 12.6 Å². The van der Waals surface area contributed by atoms with Crippen LogP contribution in [0.15, 0.2) is 41.3 Å². The van der Waals surface area contributed by atoms with Crippen LogP contribution in [-0.2, 0) is 10.0 Å². The molecule has 0 unspecified atom stereocenters. The molecular formula is C17H17F3N2O3S. The number of halogens is 3. The van der Waals surface area contributed by atoms with Crippen LogP contribution in [0.25, 0.3) is 0 Å². The molecule has 2 aromatic carbocycles. The van der Waals surface area contributed by atoms with Crippen molar-refractivity contribution in [2.24, 2.45) is 5.92 Å². The van der Waals surface area contributed by atoms with Crippen molar-refractivity contribution in [3.05, 3.63) is 59.4 Å². The minimum Gasteiger partial charge on any atom is -0.352 e. The molecule has 0 radical (unpaired) electrons. The highest BCUT2D eigenvalue weighted by molar-refractivity contribution is 7.92. The lowest BCUT2D eigenvalue weighted by atomic mass is 10.2. The van der Waals surface area contributed by atoms with Crippen molar-refractivity contribution >= 4 is 21.6 Å². The molecule has 0 aliphatic rings. The maximum absolute atomic E-state index is 13.7. The standard InChI is InChI=1S/C17H17F3N2O3S/c1-10(2)9-21-17(23)11-4-3-5-12(8-11)26(24,25)22-14-7-6-13(18)15(19)16(14)20/h3-8,10,22H,9H2,1-2H3,(H,21,23). The van der Waals surface area contributed by atoms with E-state index in [-0.39, 0.29) is 16.4 Å². The van der Waals surface area contributed by atoms with Crippen molar-refractivity contribution in [3.8, 4) is 0 Å². The van der Waals surface area contributed by atoms with Crippen LogP contribution in [-0.4, -0.2) is 20.9 Å². The molecule has 1 amide bonds. The van der Waals surface area contributed by atoms with Gasteiger partial charge in [-0.3, -0.25) is 9.52 Å². The first kappa shape index (κ1) is 19.8. The zero-order valence-corrected chi connectivity index (χ0v) is 14.8. The number of nitrogens with one attached hydrogen (secondary N) is 2. The van der Waals surface area contributed by atoms with Crippen molar-refractivity contribution in [1.29, 1.82) is 0 Å². The molecule has 0 aliphatic carbocycles. The molecule has 26 heavy (non-hydrogen) atoms. The normalized spacial score (nSPS) is 11.5. The number of carbonyl (C=O) groups is 1. The highest BCUT2D eigenvalue weighted by atomic mass is 32.2. The summed E-state index contributed by atoms with van der Waals surface area (Å²) in [6.45, 7) is 4.22. The van der Waals surface area contributed by atoms with Crippen molar-refractivity contribution in [2.45, 2.75) is 18.7 Å². The van der Waals surface area contributed by atoms with Crippen LogP contribution in [0.4, 0.5) is 18.9 Å². The summed E-state index contributed by atoms with van der Waals surface area (Å²) in [4.78, 5) is 11.7. The van der Waals surface area contributed by atoms with Gasteiger partial charge in [0.15, 0.2) is 17.5 Å². The Kier molecular flexibility index (Phi) is 5.91. The van der Waals surface area contributed by atoms with Crippen molar-refractivity contribution in [1.82, 2.24) is 5.32 Å². The summed E-state index contributed by atoms with van der Waals surface area (Å²) in [6, 6.07) is 6.44. The summed E-state index contributed by atoms with van der Waals surface area (Å²) >= 11 is 0. The Balaban J connectivity index is 2.28. The summed E-state index contributed by atoms with van der Waals surface area (Å²) < 4.78 is 66.5. The SMILES string of the molecule is CC(C)CNC(=O)c1cccc(S(=O)(=O)Nc2ccc(F)c(F)c2F)c1. The molecule has 9 heteroatoms. The molecular weight excluding hydrogens is 369 g/mol. The number of hydrogen-bond donors (Lipinski definition) is 2. The summed E-state index contributed by atoms with van der Waals surface area (Å²) in [5, 5.41) is 2.64. The second-order valence-electron chi connectivity index (χ2n) is 5.96. The molecule has 0 saturated carbocycles. The van der Waals surface area contributed by atoms with E-state index in [1.807, 2.05) is 18.6 Å². The summed E-state index contributed by atoms with van der Waals surface area (Å²) in [5.74, 6) is -5.13. The number of amides is 1. The third-order valence-corrected chi connectivity index (χ3v) is 4.72. The van der Waals surface area contributed by atoms with Gasteiger partial charge >= 0.3 is 0 Å². The molecule has 2 rings (SSSR count). The van der Waals surface area contributed by atoms with E-state index in [1.54, 1.807) is 0 Å². The zero-order valence-electron chi connectivity index (χ0n) is 14.0. The maximum atomic E-state index is 13.7. The fourth-order valence-corrected chi connectivity index (χ4v) is 3.12. The third-order valence-electron chi connectivity index (χ3n) is 3.36. The second kappa shape index (κ2) is 7.77. The summed E-state index contributed by atoms with van der Waals surface area (Å²) in [5.41, 5.74) is -0.641. The smallest absolute Gasteiger partial charge is 0.262 e. The highest BCUT2D eigenvalue weighted by Crippen LogP contribution is 2.23. The molecule has 0 atom stereocenters. The monoisotopic (exact) mass is 386 g/mol. The molecule has 0 bridgehead atoms.